The normalized spacial score (nSPS) is 21.1. The molecule has 0 aliphatic carbocycles. The van der Waals surface area contributed by atoms with Crippen molar-refractivity contribution in [3.8, 4) is 0 Å². The fraction of sp³-hybridized carbons (Fsp3) is 0.692. The number of aliphatic hydroxyl groups is 1. The highest BCUT2D eigenvalue weighted by Crippen LogP contribution is 2.20. The standard InChI is InChI=1S/C13H22N4O/c1-10-7-12(14)16-13(15-10)9-17-5-2-3-11(8-17)4-6-18/h7,11,18H,2-6,8-9H2,1H3,(H2,14,15,16). The topological polar surface area (TPSA) is 75.3 Å². The van der Waals surface area contributed by atoms with Gasteiger partial charge in [0.2, 0.25) is 0 Å². The van der Waals surface area contributed by atoms with Gasteiger partial charge in [0.25, 0.3) is 0 Å². The van der Waals surface area contributed by atoms with Crippen molar-refractivity contribution in [3.63, 3.8) is 0 Å². The lowest BCUT2D eigenvalue weighted by atomic mass is 9.95. The maximum atomic E-state index is 9.01. The Kier molecular flexibility index (Phi) is 4.49. The van der Waals surface area contributed by atoms with Gasteiger partial charge in [-0.2, -0.15) is 0 Å². The van der Waals surface area contributed by atoms with Crippen molar-refractivity contribution in [2.45, 2.75) is 32.7 Å². The molecule has 3 N–H and O–H groups in total. The van der Waals surface area contributed by atoms with Crippen molar-refractivity contribution in [1.82, 2.24) is 14.9 Å². The molecule has 0 saturated carbocycles. The summed E-state index contributed by atoms with van der Waals surface area (Å²) in [5, 5.41) is 9.01. The SMILES string of the molecule is Cc1cc(N)nc(CN2CCCC(CCO)C2)n1. The van der Waals surface area contributed by atoms with E-state index in [0.29, 0.717) is 11.7 Å². The van der Waals surface area contributed by atoms with E-state index in [-0.39, 0.29) is 6.61 Å². The molecule has 2 rings (SSSR count). The van der Waals surface area contributed by atoms with Gasteiger partial charge < -0.3 is 10.8 Å². The van der Waals surface area contributed by atoms with Gasteiger partial charge in [-0.3, -0.25) is 4.90 Å². The average molecular weight is 250 g/mol. The van der Waals surface area contributed by atoms with E-state index in [9.17, 15) is 0 Å². The molecule has 5 nitrogen and oxygen atoms in total. The molecule has 1 atom stereocenters. The minimum absolute atomic E-state index is 0.284. The molecule has 0 aromatic carbocycles. The van der Waals surface area contributed by atoms with E-state index >= 15 is 0 Å². The van der Waals surface area contributed by atoms with Crippen LogP contribution in [0.2, 0.25) is 0 Å². The molecule has 1 fully saturated rings. The van der Waals surface area contributed by atoms with Crippen molar-refractivity contribution in [1.29, 1.82) is 0 Å². The number of nitrogens with zero attached hydrogens (tertiary/aromatic N) is 3. The van der Waals surface area contributed by atoms with Crippen molar-refractivity contribution in [2.75, 3.05) is 25.4 Å². The Morgan fingerprint density at radius 2 is 2.33 bits per heavy atom. The van der Waals surface area contributed by atoms with Crippen LogP contribution in [0.4, 0.5) is 5.82 Å². The first kappa shape index (κ1) is 13.2. The summed E-state index contributed by atoms with van der Waals surface area (Å²) >= 11 is 0. The maximum absolute atomic E-state index is 9.01. The summed E-state index contributed by atoms with van der Waals surface area (Å²) in [6.45, 7) is 5.09. The quantitative estimate of drug-likeness (QED) is 0.832. The second kappa shape index (κ2) is 6.11. The number of likely N-dealkylation sites (tertiary alicyclic amines) is 1. The number of aliphatic hydroxyl groups excluding tert-OH is 1. The minimum Gasteiger partial charge on any atom is -0.396 e. The third kappa shape index (κ3) is 3.65. The van der Waals surface area contributed by atoms with Crippen molar-refractivity contribution < 1.29 is 5.11 Å². The molecule has 5 heteroatoms. The minimum atomic E-state index is 0.284. The summed E-state index contributed by atoms with van der Waals surface area (Å²) in [7, 11) is 0. The fourth-order valence-corrected chi connectivity index (χ4v) is 2.64. The van der Waals surface area contributed by atoms with Gasteiger partial charge in [-0.25, -0.2) is 9.97 Å². The van der Waals surface area contributed by atoms with E-state index in [1.54, 1.807) is 6.07 Å². The van der Waals surface area contributed by atoms with Crippen molar-refractivity contribution >= 4 is 5.82 Å². The van der Waals surface area contributed by atoms with Crippen LogP contribution in [0.15, 0.2) is 6.07 Å². The summed E-state index contributed by atoms with van der Waals surface area (Å²) in [5.74, 6) is 1.95. The van der Waals surface area contributed by atoms with E-state index in [2.05, 4.69) is 14.9 Å². The van der Waals surface area contributed by atoms with Gasteiger partial charge in [-0.1, -0.05) is 0 Å². The molecular weight excluding hydrogens is 228 g/mol. The van der Waals surface area contributed by atoms with E-state index < -0.39 is 0 Å². The lowest BCUT2D eigenvalue weighted by Crippen LogP contribution is -2.35. The van der Waals surface area contributed by atoms with Gasteiger partial charge in [0.05, 0.1) is 6.54 Å². The Hall–Kier alpha value is -1.20. The van der Waals surface area contributed by atoms with Gasteiger partial charge in [-0.05, 0) is 38.6 Å². The average Bonchev–Trinajstić information content (AvgIpc) is 2.28. The third-order valence-electron chi connectivity index (χ3n) is 3.43. The fourth-order valence-electron chi connectivity index (χ4n) is 2.64. The summed E-state index contributed by atoms with van der Waals surface area (Å²) in [5.41, 5.74) is 6.65. The maximum Gasteiger partial charge on any atom is 0.144 e. The molecular formula is C13H22N4O. The number of nitrogen functional groups attached to an aromatic ring is 1. The Morgan fingerprint density at radius 3 is 3.06 bits per heavy atom. The summed E-state index contributed by atoms with van der Waals surface area (Å²) in [6.07, 6.45) is 3.30. The van der Waals surface area contributed by atoms with Crippen LogP contribution >= 0.6 is 0 Å². The summed E-state index contributed by atoms with van der Waals surface area (Å²) in [6, 6.07) is 1.79. The number of aryl methyl sites for hydroxylation is 1. The second-order valence-corrected chi connectivity index (χ2v) is 5.11. The molecule has 1 aliphatic rings. The number of piperidine rings is 1. The smallest absolute Gasteiger partial charge is 0.144 e. The van der Waals surface area contributed by atoms with E-state index in [4.69, 9.17) is 10.8 Å². The number of hydrogen-bond acceptors (Lipinski definition) is 5. The molecule has 0 amide bonds. The van der Waals surface area contributed by atoms with Gasteiger partial charge in [0.15, 0.2) is 0 Å². The first-order chi connectivity index (χ1) is 8.67. The van der Waals surface area contributed by atoms with Crippen LogP contribution in [0.25, 0.3) is 0 Å². The molecule has 0 bridgehead atoms. The highest BCUT2D eigenvalue weighted by atomic mass is 16.3. The highest BCUT2D eigenvalue weighted by molar-refractivity contribution is 5.29. The van der Waals surface area contributed by atoms with Gasteiger partial charge in [-0.15, -0.1) is 0 Å². The van der Waals surface area contributed by atoms with Gasteiger partial charge in [0.1, 0.15) is 11.6 Å². The predicted octanol–water partition coefficient (Wildman–Crippen LogP) is 0.962. The largest absolute Gasteiger partial charge is 0.396 e. The van der Waals surface area contributed by atoms with Gasteiger partial charge in [0, 0.05) is 24.9 Å². The van der Waals surface area contributed by atoms with E-state index in [1.165, 1.54) is 12.8 Å². The molecule has 1 aromatic heterocycles. The predicted molar refractivity (Wildman–Crippen MR) is 70.9 cm³/mol. The zero-order valence-corrected chi connectivity index (χ0v) is 11.0. The van der Waals surface area contributed by atoms with Crippen LogP contribution in [0, 0.1) is 12.8 Å². The lowest BCUT2D eigenvalue weighted by molar-refractivity contribution is 0.140. The molecule has 0 radical (unpaired) electrons. The number of nitrogens with two attached hydrogens (primary N) is 1. The molecule has 1 aromatic rings. The molecule has 1 unspecified atom stereocenters. The van der Waals surface area contributed by atoms with Crippen LogP contribution in [-0.4, -0.2) is 39.7 Å². The van der Waals surface area contributed by atoms with E-state index in [1.807, 2.05) is 6.92 Å². The molecule has 1 saturated heterocycles. The molecule has 18 heavy (non-hydrogen) atoms. The Balaban J connectivity index is 1.95. The number of anilines is 1. The van der Waals surface area contributed by atoms with Crippen LogP contribution in [0.3, 0.4) is 0 Å². The molecule has 1 aliphatic heterocycles. The number of aromatic nitrogens is 2. The van der Waals surface area contributed by atoms with Gasteiger partial charge >= 0.3 is 0 Å². The van der Waals surface area contributed by atoms with Crippen molar-refractivity contribution in [3.05, 3.63) is 17.6 Å². The number of rotatable bonds is 4. The third-order valence-corrected chi connectivity index (χ3v) is 3.43. The lowest BCUT2D eigenvalue weighted by Gasteiger charge is -2.31. The summed E-state index contributed by atoms with van der Waals surface area (Å²) in [4.78, 5) is 11.1. The Labute approximate surface area is 108 Å². The van der Waals surface area contributed by atoms with Crippen molar-refractivity contribution in [2.24, 2.45) is 5.92 Å². The Bertz CT molecular complexity index is 374. The molecule has 0 spiro atoms. The summed E-state index contributed by atoms with van der Waals surface area (Å²) < 4.78 is 0. The van der Waals surface area contributed by atoms with Crippen LogP contribution < -0.4 is 5.73 Å². The number of hydrogen-bond donors (Lipinski definition) is 2. The first-order valence-electron chi connectivity index (χ1n) is 6.60. The second-order valence-electron chi connectivity index (χ2n) is 5.11. The van der Waals surface area contributed by atoms with Crippen LogP contribution in [-0.2, 0) is 6.54 Å². The van der Waals surface area contributed by atoms with Crippen LogP contribution in [0.1, 0.15) is 30.8 Å². The zero-order chi connectivity index (χ0) is 13.0. The first-order valence-corrected chi connectivity index (χ1v) is 6.60. The molecule has 100 valence electrons. The zero-order valence-electron chi connectivity index (χ0n) is 11.0. The van der Waals surface area contributed by atoms with Crippen LogP contribution in [0.5, 0.6) is 0 Å². The van der Waals surface area contributed by atoms with E-state index in [0.717, 1.165) is 37.6 Å². The Morgan fingerprint density at radius 1 is 1.50 bits per heavy atom. The highest BCUT2D eigenvalue weighted by Gasteiger charge is 2.20. The monoisotopic (exact) mass is 250 g/mol. The molecule has 2 heterocycles.